The molecule has 2 unspecified atom stereocenters. The highest BCUT2D eigenvalue weighted by Crippen LogP contribution is 2.45. The minimum atomic E-state index is -4.47. The zero-order valence-corrected chi connectivity index (χ0v) is 20.7. The zero-order chi connectivity index (χ0) is 27.2. The Morgan fingerprint density at radius 1 is 0.842 bits per heavy atom. The van der Waals surface area contributed by atoms with Crippen LogP contribution in [0.1, 0.15) is 78.9 Å². The summed E-state index contributed by atoms with van der Waals surface area (Å²) < 4.78 is 87.3. The number of esters is 1. The van der Waals surface area contributed by atoms with Crippen LogP contribution < -0.4 is 0 Å². The van der Waals surface area contributed by atoms with Crippen molar-refractivity contribution in [3.8, 4) is 11.3 Å². The van der Waals surface area contributed by atoms with Gasteiger partial charge in [0.1, 0.15) is 0 Å². The van der Waals surface area contributed by atoms with Gasteiger partial charge in [-0.15, -0.1) is 0 Å². The number of hydrogen-bond donors (Lipinski definition) is 0. The fourth-order valence-electron chi connectivity index (χ4n) is 5.78. The Labute approximate surface area is 216 Å². The number of carbonyl (C=O) groups excluding carboxylic acids is 1. The van der Waals surface area contributed by atoms with E-state index in [4.69, 9.17) is 4.74 Å². The molecule has 38 heavy (non-hydrogen) atoms. The second kappa shape index (κ2) is 9.82. The third-order valence-corrected chi connectivity index (χ3v) is 7.58. The van der Waals surface area contributed by atoms with Crippen LogP contribution >= 0.6 is 0 Å². The summed E-state index contributed by atoms with van der Waals surface area (Å²) in [7, 11) is 0. The lowest BCUT2D eigenvalue weighted by molar-refractivity contribution is -0.149. The van der Waals surface area contributed by atoms with Gasteiger partial charge in [-0.2, -0.15) is 26.3 Å². The molecule has 0 fully saturated rings. The van der Waals surface area contributed by atoms with E-state index < -0.39 is 29.5 Å². The number of hydrogen-bond acceptors (Lipinski definition) is 2. The molecule has 0 saturated carbocycles. The Hall–Kier alpha value is -3.23. The minimum Gasteiger partial charge on any atom is -0.463 e. The quantitative estimate of drug-likeness (QED) is 0.244. The lowest BCUT2D eigenvalue weighted by atomic mass is 9.85. The summed E-state index contributed by atoms with van der Waals surface area (Å²) in [5.41, 5.74) is 2.36. The molecule has 1 aliphatic carbocycles. The van der Waals surface area contributed by atoms with Crippen LogP contribution in [-0.2, 0) is 28.3 Å². The first-order valence-corrected chi connectivity index (χ1v) is 12.7. The summed E-state index contributed by atoms with van der Waals surface area (Å²) >= 11 is 0. The van der Waals surface area contributed by atoms with Gasteiger partial charge in [-0.05, 0) is 86.1 Å². The summed E-state index contributed by atoms with van der Waals surface area (Å²) in [4.78, 5) is 12.7. The molecule has 1 aromatic heterocycles. The summed E-state index contributed by atoms with van der Waals surface area (Å²) in [5, 5.41) is 0. The van der Waals surface area contributed by atoms with Crippen molar-refractivity contribution >= 4 is 5.97 Å². The number of alkyl halides is 6. The molecule has 2 aliphatic rings. The maximum absolute atomic E-state index is 13.3. The van der Waals surface area contributed by atoms with E-state index in [0.717, 1.165) is 54.8 Å². The normalized spacial score (nSPS) is 22.5. The van der Waals surface area contributed by atoms with Crippen molar-refractivity contribution in [3.05, 3.63) is 82.5 Å². The Morgan fingerprint density at radius 3 is 2.05 bits per heavy atom. The van der Waals surface area contributed by atoms with Gasteiger partial charge in [0.25, 0.3) is 0 Å². The highest BCUT2D eigenvalue weighted by atomic mass is 19.4. The molecule has 202 valence electrons. The van der Waals surface area contributed by atoms with Crippen LogP contribution in [-0.4, -0.2) is 16.6 Å². The lowest BCUT2D eigenvalue weighted by Gasteiger charge is -2.33. The van der Waals surface area contributed by atoms with Crippen LogP contribution in [0.15, 0.2) is 54.6 Å². The van der Waals surface area contributed by atoms with Gasteiger partial charge >= 0.3 is 18.3 Å². The molecule has 5 rings (SSSR count). The number of aromatic nitrogens is 1. The topological polar surface area (TPSA) is 31.2 Å². The zero-order valence-electron chi connectivity index (χ0n) is 20.7. The van der Waals surface area contributed by atoms with Gasteiger partial charge in [-0.25, -0.2) is 0 Å². The van der Waals surface area contributed by atoms with Crippen LogP contribution in [0.25, 0.3) is 11.3 Å². The lowest BCUT2D eigenvalue weighted by Crippen LogP contribution is -2.26. The molecule has 0 bridgehead atoms. The number of cyclic esters (lactones) is 1. The fraction of sp³-hybridized carbons (Fsp3) is 0.414. The first kappa shape index (κ1) is 26.4. The Morgan fingerprint density at radius 2 is 1.45 bits per heavy atom. The molecule has 0 amide bonds. The van der Waals surface area contributed by atoms with Gasteiger partial charge in [0.15, 0.2) is 0 Å². The number of benzene rings is 2. The molecule has 2 heterocycles. The van der Waals surface area contributed by atoms with E-state index in [0.29, 0.717) is 29.7 Å². The smallest absolute Gasteiger partial charge is 0.416 e. The van der Waals surface area contributed by atoms with Gasteiger partial charge in [-0.1, -0.05) is 24.3 Å². The molecule has 0 N–H and O–H groups in total. The van der Waals surface area contributed by atoms with E-state index in [9.17, 15) is 31.1 Å². The molecule has 2 aromatic carbocycles. The molecule has 3 nitrogen and oxygen atoms in total. The van der Waals surface area contributed by atoms with Gasteiger partial charge < -0.3 is 9.30 Å². The summed E-state index contributed by atoms with van der Waals surface area (Å²) in [6.45, 7) is 1.79. The van der Waals surface area contributed by atoms with Crippen LogP contribution in [0.5, 0.6) is 0 Å². The summed E-state index contributed by atoms with van der Waals surface area (Å²) in [6.07, 6.45) is -5.86. The van der Waals surface area contributed by atoms with E-state index in [1.807, 2.05) is 6.07 Å². The Bertz CT molecular complexity index is 1310. The fourth-order valence-corrected chi connectivity index (χ4v) is 5.78. The van der Waals surface area contributed by atoms with Crippen molar-refractivity contribution in [2.75, 3.05) is 0 Å². The standard InChI is InChI=1S/C29H27F6NO2/c1-17-5-14-24(18-6-10-22(11-7-18)28(30,31)32)36-25(19-8-12-23(13-9-19)29(33,34)35)15-20-3-2-4-21(27(20)36)16-26(37)38-17/h6-13,15,17,21,24H,2-5,14,16H2,1H3/t17?,21?,24-/m0/s1. The largest absolute Gasteiger partial charge is 0.463 e. The van der Waals surface area contributed by atoms with Crippen molar-refractivity contribution in [2.24, 2.45) is 0 Å². The predicted molar refractivity (Wildman–Crippen MR) is 130 cm³/mol. The first-order chi connectivity index (χ1) is 17.9. The molecule has 0 radical (unpaired) electrons. The average Bonchev–Trinajstić information content (AvgIpc) is 3.23. The maximum atomic E-state index is 13.3. The molecule has 0 spiro atoms. The number of nitrogens with zero attached hydrogens (tertiary/aromatic N) is 1. The second-order valence-corrected chi connectivity index (χ2v) is 10.2. The highest BCUT2D eigenvalue weighted by Gasteiger charge is 2.35. The number of ether oxygens (including phenoxy) is 1. The van der Waals surface area contributed by atoms with Crippen LogP contribution in [0.2, 0.25) is 0 Å². The van der Waals surface area contributed by atoms with Gasteiger partial charge in [0.05, 0.1) is 29.7 Å². The predicted octanol–water partition coefficient (Wildman–Crippen LogP) is 8.32. The van der Waals surface area contributed by atoms with E-state index in [-0.39, 0.29) is 24.4 Å². The first-order valence-electron chi connectivity index (χ1n) is 12.7. The van der Waals surface area contributed by atoms with Gasteiger partial charge in [0.2, 0.25) is 0 Å². The van der Waals surface area contributed by atoms with E-state index >= 15 is 0 Å². The van der Waals surface area contributed by atoms with Crippen LogP contribution in [0, 0.1) is 0 Å². The van der Waals surface area contributed by atoms with Crippen molar-refractivity contribution in [1.29, 1.82) is 0 Å². The van der Waals surface area contributed by atoms with Gasteiger partial charge in [-0.3, -0.25) is 4.79 Å². The molecule has 1 aliphatic heterocycles. The number of rotatable bonds is 2. The summed E-state index contributed by atoms with van der Waals surface area (Å²) in [5.74, 6) is -0.455. The number of aryl methyl sites for hydroxylation is 1. The van der Waals surface area contributed by atoms with Crippen molar-refractivity contribution < 1.29 is 35.9 Å². The molecule has 9 heteroatoms. The van der Waals surface area contributed by atoms with Crippen LogP contribution in [0.3, 0.4) is 0 Å². The van der Waals surface area contributed by atoms with Crippen LogP contribution in [0.4, 0.5) is 26.3 Å². The maximum Gasteiger partial charge on any atom is 0.416 e. The third-order valence-electron chi connectivity index (χ3n) is 7.58. The van der Waals surface area contributed by atoms with Crippen molar-refractivity contribution in [2.45, 2.75) is 75.9 Å². The third kappa shape index (κ3) is 5.20. The van der Waals surface area contributed by atoms with Crippen molar-refractivity contribution in [1.82, 2.24) is 4.57 Å². The van der Waals surface area contributed by atoms with E-state index in [1.165, 1.54) is 24.3 Å². The Balaban J connectivity index is 1.69. The molecule has 0 saturated heterocycles. The molecular weight excluding hydrogens is 508 g/mol. The second-order valence-electron chi connectivity index (χ2n) is 10.2. The van der Waals surface area contributed by atoms with E-state index in [1.54, 1.807) is 6.92 Å². The van der Waals surface area contributed by atoms with E-state index in [2.05, 4.69) is 4.57 Å². The summed E-state index contributed by atoms with van der Waals surface area (Å²) in [6, 6.07) is 11.6. The highest BCUT2D eigenvalue weighted by molar-refractivity contribution is 5.72. The molecule has 3 atom stereocenters. The number of halogens is 6. The SMILES string of the molecule is CC1CC[C@@H](c2ccc(C(F)(F)F)cc2)n2c(-c3ccc(C(F)(F)F)cc3)cc3c2C(CCC3)CC(=O)O1. The monoisotopic (exact) mass is 535 g/mol. The Kier molecular flexibility index (Phi) is 6.82. The molecular formula is C29H27F6NO2. The average molecular weight is 536 g/mol. The van der Waals surface area contributed by atoms with Gasteiger partial charge in [0, 0.05) is 17.3 Å². The molecule has 3 aromatic rings. The number of carbonyl (C=O) groups is 1. The minimum absolute atomic E-state index is 0.156. The van der Waals surface area contributed by atoms with Crippen molar-refractivity contribution in [3.63, 3.8) is 0 Å².